The minimum absolute atomic E-state index is 0.157. The Labute approximate surface area is 128 Å². The van der Waals surface area contributed by atoms with E-state index in [4.69, 9.17) is 4.74 Å². The Kier molecular flexibility index (Phi) is 6.57. The number of rotatable bonds is 5. The summed E-state index contributed by atoms with van der Waals surface area (Å²) in [5, 5.41) is 3.98. The second kappa shape index (κ2) is 7.70. The average molecular weight is 342 g/mol. The van der Waals surface area contributed by atoms with Crippen molar-refractivity contribution in [3.05, 3.63) is 30.3 Å². The zero-order valence-electron chi connectivity index (χ0n) is 13.0. The van der Waals surface area contributed by atoms with E-state index in [0.717, 1.165) is 5.32 Å². The maximum atomic E-state index is 11.9. The fourth-order valence-corrected chi connectivity index (χ4v) is 4.06. The summed E-state index contributed by atoms with van der Waals surface area (Å²) in [5.41, 5.74) is -0.448. The average Bonchev–Trinajstić information content (AvgIpc) is 2.33. The molecule has 0 bridgehead atoms. The van der Waals surface area contributed by atoms with Gasteiger partial charge in [-0.05, 0) is 0 Å². The Morgan fingerprint density at radius 1 is 1.25 bits per heavy atom. The van der Waals surface area contributed by atoms with Gasteiger partial charge < -0.3 is 0 Å². The number of hydrogen-bond donors (Lipinski definition) is 1. The van der Waals surface area contributed by atoms with E-state index in [1.165, 1.54) is 4.46 Å². The predicted molar refractivity (Wildman–Crippen MR) is 84.6 cm³/mol. The van der Waals surface area contributed by atoms with Crippen LogP contribution in [0.1, 0.15) is 34.6 Å². The molecule has 0 aliphatic heterocycles. The van der Waals surface area contributed by atoms with Crippen LogP contribution in [0.3, 0.4) is 0 Å². The molecule has 0 aromatic heterocycles. The molecule has 20 heavy (non-hydrogen) atoms. The van der Waals surface area contributed by atoms with Crippen molar-refractivity contribution < 1.29 is 9.53 Å². The molecule has 4 heteroatoms. The van der Waals surface area contributed by atoms with Crippen LogP contribution in [0.2, 0.25) is 5.32 Å². The molecule has 1 aromatic rings. The molecule has 0 spiro atoms. The molecule has 1 amide bonds. The van der Waals surface area contributed by atoms with E-state index in [0.29, 0.717) is 20.9 Å². The number of hydrogen-bond acceptors (Lipinski definition) is 2. The van der Waals surface area contributed by atoms with E-state index in [1.54, 1.807) is 0 Å². The second-order valence-electron chi connectivity index (χ2n) is 6.12. The summed E-state index contributed by atoms with van der Waals surface area (Å²) >= 11 is 0.366. The second-order valence-corrected chi connectivity index (χ2v) is 8.41. The Morgan fingerprint density at radius 2 is 1.85 bits per heavy atom. The van der Waals surface area contributed by atoms with Gasteiger partial charge in [-0.25, -0.2) is 0 Å². The van der Waals surface area contributed by atoms with Gasteiger partial charge in [0.25, 0.3) is 0 Å². The molecule has 1 N–H and O–H groups in total. The number of nitrogens with one attached hydrogen (secondary N) is 1. The van der Waals surface area contributed by atoms with Gasteiger partial charge in [-0.1, -0.05) is 0 Å². The van der Waals surface area contributed by atoms with E-state index in [2.05, 4.69) is 43.4 Å². The third-order valence-corrected chi connectivity index (χ3v) is 5.05. The van der Waals surface area contributed by atoms with E-state index < -0.39 is 5.60 Å². The van der Waals surface area contributed by atoms with Crippen LogP contribution in [0.15, 0.2) is 30.3 Å². The molecule has 1 rings (SSSR count). The van der Waals surface area contributed by atoms with Crippen molar-refractivity contribution in [3.63, 3.8) is 0 Å². The molecule has 0 aliphatic carbocycles. The van der Waals surface area contributed by atoms with Gasteiger partial charge in [0.15, 0.2) is 0 Å². The first-order chi connectivity index (χ1) is 9.28. The molecule has 1 aromatic carbocycles. The summed E-state index contributed by atoms with van der Waals surface area (Å²) in [5.74, 6) is 0.396. The Bertz CT molecular complexity index is 412. The van der Waals surface area contributed by atoms with E-state index in [-0.39, 0.29) is 12.1 Å². The van der Waals surface area contributed by atoms with Crippen molar-refractivity contribution in [2.24, 2.45) is 5.92 Å². The van der Waals surface area contributed by atoms with Gasteiger partial charge in [-0.15, -0.1) is 0 Å². The first-order valence-electron chi connectivity index (χ1n) is 6.95. The summed E-state index contributed by atoms with van der Waals surface area (Å²) in [6.45, 7) is 9.90. The fourth-order valence-electron chi connectivity index (χ4n) is 1.56. The van der Waals surface area contributed by atoms with Crippen LogP contribution in [0.25, 0.3) is 0 Å². The third kappa shape index (κ3) is 6.97. The van der Waals surface area contributed by atoms with Crippen LogP contribution in [-0.2, 0) is 4.74 Å². The summed E-state index contributed by atoms with van der Waals surface area (Å²) in [6.07, 6.45) is -0.319. The molecule has 0 saturated carbocycles. The van der Waals surface area contributed by atoms with Crippen molar-refractivity contribution >= 4 is 25.5 Å². The number of alkyl carbamates (subject to hydrolysis) is 1. The molecule has 0 aliphatic rings. The summed E-state index contributed by atoms with van der Waals surface area (Å²) in [4.78, 5) is 11.9. The number of benzene rings is 1. The quantitative estimate of drug-likeness (QED) is 0.836. The molecule has 0 unspecified atom stereocenters. The molecule has 0 saturated heterocycles. The van der Waals surface area contributed by atoms with Crippen molar-refractivity contribution in [2.75, 3.05) is 0 Å². The van der Waals surface area contributed by atoms with Crippen molar-refractivity contribution in [3.8, 4) is 0 Å². The molecular weight excluding hydrogens is 317 g/mol. The monoisotopic (exact) mass is 343 g/mol. The maximum absolute atomic E-state index is 11.9. The van der Waals surface area contributed by atoms with Gasteiger partial charge in [-0.3, -0.25) is 0 Å². The number of amides is 1. The van der Waals surface area contributed by atoms with Crippen LogP contribution in [0.5, 0.6) is 0 Å². The molecular formula is C16H25NO2Se. The van der Waals surface area contributed by atoms with Crippen LogP contribution in [0.4, 0.5) is 4.79 Å². The van der Waals surface area contributed by atoms with E-state index in [9.17, 15) is 4.79 Å². The van der Waals surface area contributed by atoms with Crippen molar-refractivity contribution in [1.82, 2.24) is 5.32 Å². The van der Waals surface area contributed by atoms with Crippen LogP contribution in [-0.4, -0.2) is 32.7 Å². The van der Waals surface area contributed by atoms with Crippen molar-refractivity contribution in [2.45, 2.75) is 51.6 Å². The third-order valence-electron chi connectivity index (χ3n) is 2.68. The molecule has 1 atom stereocenters. The molecule has 0 heterocycles. The number of carbonyl (C=O) groups is 1. The number of ether oxygens (including phenoxy) is 1. The first kappa shape index (κ1) is 17.1. The first-order valence-corrected chi connectivity index (χ1v) is 9.02. The molecule has 3 nitrogen and oxygen atoms in total. The van der Waals surface area contributed by atoms with Crippen LogP contribution >= 0.6 is 0 Å². The van der Waals surface area contributed by atoms with E-state index >= 15 is 0 Å². The fraction of sp³-hybridized carbons (Fsp3) is 0.562. The molecule has 0 radical (unpaired) electrons. The zero-order valence-corrected chi connectivity index (χ0v) is 14.7. The van der Waals surface area contributed by atoms with Gasteiger partial charge in [0.05, 0.1) is 0 Å². The predicted octanol–water partition coefficient (Wildman–Crippen LogP) is 2.98. The SMILES string of the molecule is CC(C)[C@@H](C[Se]c1ccccc1)NC(=O)OC(C)(C)C. The number of carbonyl (C=O) groups excluding carboxylic acids is 1. The summed E-state index contributed by atoms with van der Waals surface area (Å²) < 4.78 is 6.69. The van der Waals surface area contributed by atoms with Gasteiger partial charge in [0.2, 0.25) is 0 Å². The van der Waals surface area contributed by atoms with Gasteiger partial charge in [-0.2, -0.15) is 0 Å². The van der Waals surface area contributed by atoms with Crippen LogP contribution in [0, 0.1) is 5.92 Å². The van der Waals surface area contributed by atoms with Gasteiger partial charge >= 0.3 is 128 Å². The normalized spacial score (nSPS) is 13.1. The van der Waals surface area contributed by atoms with Gasteiger partial charge in [0, 0.05) is 0 Å². The Hall–Kier alpha value is -0.991. The topological polar surface area (TPSA) is 38.3 Å². The standard InChI is InChI=1S/C16H25NO2Se/c1-12(2)14(17-15(18)19-16(3,4)5)11-20-13-9-7-6-8-10-13/h6-10,12,14H,11H2,1-5H3,(H,17,18)/t14-/m1/s1. The Balaban J connectivity index is 2.51. The zero-order chi connectivity index (χ0) is 15.2. The summed E-state index contributed by atoms with van der Waals surface area (Å²) in [7, 11) is 0. The van der Waals surface area contributed by atoms with Crippen molar-refractivity contribution in [1.29, 1.82) is 0 Å². The van der Waals surface area contributed by atoms with Crippen LogP contribution < -0.4 is 9.78 Å². The minimum atomic E-state index is -0.448. The Morgan fingerprint density at radius 3 is 2.35 bits per heavy atom. The van der Waals surface area contributed by atoms with E-state index in [1.807, 2.05) is 26.8 Å². The van der Waals surface area contributed by atoms with Gasteiger partial charge in [0.1, 0.15) is 0 Å². The molecule has 112 valence electrons. The summed E-state index contributed by atoms with van der Waals surface area (Å²) in [6, 6.07) is 10.6. The molecule has 0 fully saturated rings.